The molecule has 0 saturated carbocycles. The number of carbonyl (C=O) groups is 1. The van der Waals surface area contributed by atoms with Gasteiger partial charge in [-0.3, -0.25) is 0 Å². The van der Waals surface area contributed by atoms with Gasteiger partial charge in [0.1, 0.15) is 0 Å². The molecular weight excluding hydrogens is 406 g/mol. The summed E-state index contributed by atoms with van der Waals surface area (Å²) in [6.07, 6.45) is 6.06. The highest BCUT2D eigenvalue weighted by Gasteiger charge is 2.22. The van der Waals surface area contributed by atoms with E-state index in [1.807, 2.05) is 0 Å². The van der Waals surface area contributed by atoms with Crippen molar-refractivity contribution in [3.63, 3.8) is 0 Å². The number of aromatic hydroxyl groups is 1. The number of nitrogens with one attached hydrogen (secondary N) is 1. The number of aliphatic hydroxyl groups is 1. The first-order chi connectivity index (χ1) is 12.1. The molecular formula is C16H20BrN5O4. The van der Waals surface area contributed by atoms with Crippen molar-refractivity contribution in [2.45, 2.75) is 27.0 Å². The summed E-state index contributed by atoms with van der Waals surface area (Å²) in [7, 11) is 0. The summed E-state index contributed by atoms with van der Waals surface area (Å²) in [6.45, 7) is 3.25. The number of carbonyl (C=O) groups excluding carboxylic acids is 1. The molecule has 2 rings (SSSR count). The predicted octanol–water partition coefficient (Wildman–Crippen LogP) is -2.72. The van der Waals surface area contributed by atoms with Gasteiger partial charge < -0.3 is 31.9 Å². The Morgan fingerprint density at radius 1 is 1.42 bits per heavy atom. The molecule has 10 heteroatoms. The molecule has 0 aromatic carbocycles. The Labute approximate surface area is 161 Å². The van der Waals surface area contributed by atoms with Crippen LogP contribution in [-0.2, 0) is 22.7 Å². The van der Waals surface area contributed by atoms with Crippen LogP contribution in [-0.4, -0.2) is 39.0 Å². The molecule has 26 heavy (non-hydrogen) atoms. The maximum absolute atomic E-state index is 11.7. The van der Waals surface area contributed by atoms with E-state index in [-0.39, 0.29) is 42.5 Å². The molecule has 0 aliphatic heterocycles. The topological polar surface area (TPSA) is 121 Å². The van der Waals surface area contributed by atoms with Gasteiger partial charge in [-0.1, -0.05) is 0 Å². The van der Waals surface area contributed by atoms with E-state index in [1.54, 1.807) is 38.5 Å². The molecule has 0 amide bonds. The van der Waals surface area contributed by atoms with Crippen LogP contribution in [0.2, 0.25) is 0 Å². The Kier molecular flexibility index (Phi) is 8.59. The van der Waals surface area contributed by atoms with Crippen LogP contribution in [0.3, 0.4) is 0 Å². The zero-order valence-electron chi connectivity index (χ0n) is 14.4. The quantitative estimate of drug-likeness (QED) is 0.191. The number of hydrogen-bond acceptors (Lipinski definition) is 8. The number of pyridine rings is 1. The number of nitrogens with zero attached hydrogens (tertiary/aromatic N) is 4. The van der Waals surface area contributed by atoms with E-state index in [4.69, 9.17) is 4.74 Å². The van der Waals surface area contributed by atoms with Gasteiger partial charge in [-0.2, -0.15) is 9.67 Å². The smallest absolute Gasteiger partial charge is 0.372 e. The minimum Gasteiger partial charge on any atom is -1.00 e. The molecule has 140 valence electrons. The highest BCUT2D eigenvalue weighted by Crippen LogP contribution is 2.21. The molecule has 0 spiro atoms. The molecule has 0 fully saturated rings. The zero-order chi connectivity index (χ0) is 18.2. The summed E-state index contributed by atoms with van der Waals surface area (Å²) in [5.41, 5.74) is 3.82. The first-order valence-corrected chi connectivity index (χ1v) is 7.64. The molecule has 0 radical (unpaired) electrons. The largest absolute Gasteiger partial charge is 1.00 e. The van der Waals surface area contributed by atoms with E-state index in [0.717, 1.165) is 0 Å². The number of aromatic nitrogens is 3. The fourth-order valence-corrected chi connectivity index (χ4v) is 2.13. The number of anilines is 1. The summed E-state index contributed by atoms with van der Waals surface area (Å²) >= 11 is 0. The van der Waals surface area contributed by atoms with E-state index >= 15 is 0 Å². The van der Waals surface area contributed by atoms with E-state index in [0.29, 0.717) is 22.8 Å². The fraction of sp³-hybridized carbons (Fsp3) is 0.312. The fourth-order valence-electron chi connectivity index (χ4n) is 2.13. The summed E-state index contributed by atoms with van der Waals surface area (Å²) < 4.78 is 6.42. The second-order valence-corrected chi connectivity index (χ2v) is 5.04. The summed E-state index contributed by atoms with van der Waals surface area (Å²) in [6, 6.07) is 1.67. The molecule has 2 aromatic rings. The molecule has 0 bridgehead atoms. The second kappa shape index (κ2) is 10.4. The van der Waals surface area contributed by atoms with E-state index in [1.165, 1.54) is 10.8 Å². The molecule has 0 aliphatic rings. The normalized spacial score (nSPS) is 10.4. The zero-order valence-corrected chi connectivity index (χ0v) is 16.0. The van der Waals surface area contributed by atoms with Crippen molar-refractivity contribution in [3.05, 3.63) is 41.5 Å². The second-order valence-electron chi connectivity index (χ2n) is 5.04. The van der Waals surface area contributed by atoms with Crippen LogP contribution in [0.4, 0.5) is 5.95 Å². The molecule has 3 N–H and O–H groups in total. The minimum atomic E-state index is -0.428. The van der Waals surface area contributed by atoms with Gasteiger partial charge >= 0.3 is 5.97 Å². The molecule has 2 aromatic heterocycles. The third-order valence-corrected chi connectivity index (χ3v) is 3.39. The van der Waals surface area contributed by atoms with Crippen LogP contribution in [0.15, 0.2) is 29.8 Å². The lowest BCUT2D eigenvalue weighted by Crippen LogP contribution is -3.00. The summed E-state index contributed by atoms with van der Waals surface area (Å²) in [5, 5.41) is 23.9. The van der Waals surface area contributed by atoms with Crippen LogP contribution in [0.5, 0.6) is 5.75 Å². The maximum atomic E-state index is 11.7. The summed E-state index contributed by atoms with van der Waals surface area (Å²) in [5.74, 6) is -0.215. The first-order valence-electron chi connectivity index (χ1n) is 7.64. The number of hydrogen-bond donors (Lipinski definition) is 3. The Bertz CT molecular complexity index is 771. The number of hydrazone groups is 1. The molecule has 0 saturated heterocycles. The van der Waals surface area contributed by atoms with Gasteiger partial charge in [0, 0.05) is 19.3 Å². The van der Waals surface area contributed by atoms with Crippen molar-refractivity contribution >= 4 is 18.1 Å². The van der Waals surface area contributed by atoms with Gasteiger partial charge in [0.15, 0.2) is 11.9 Å². The number of esters is 1. The number of ether oxygens (including phenoxy) is 1. The molecule has 0 atom stereocenters. The summed E-state index contributed by atoms with van der Waals surface area (Å²) in [4.78, 5) is 19.6. The van der Waals surface area contributed by atoms with Crippen molar-refractivity contribution < 1.29 is 41.3 Å². The predicted molar refractivity (Wildman–Crippen MR) is 88.8 cm³/mol. The van der Waals surface area contributed by atoms with Crippen molar-refractivity contribution in [1.82, 2.24) is 9.97 Å². The molecule has 9 nitrogen and oxygen atoms in total. The molecule has 2 heterocycles. The maximum Gasteiger partial charge on any atom is 0.372 e. The average molecular weight is 426 g/mol. The van der Waals surface area contributed by atoms with Crippen LogP contribution in [0.1, 0.15) is 23.7 Å². The van der Waals surface area contributed by atoms with Crippen LogP contribution in [0, 0.1) is 6.92 Å². The van der Waals surface area contributed by atoms with Crippen molar-refractivity contribution in [3.8, 4) is 5.75 Å². The van der Waals surface area contributed by atoms with Crippen molar-refractivity contribution in [2.24, 2.45) is 5.10 Å². The number of rotatable bonds is 7. The van der Waals surface area contributed by atoms with E-state index in [2.05, 4.69) is 20.5 Å². The van der Waals surface area contributed by atoms with E-state index < -0.39 is 5.97 Å². The van der Waals surface area contributed by atoms with Gasteiger partial charge in [0.05, 0.1) is 30.6 Å². The lowest BCUT2D eigenvalue weighted by atomic mass is 10.1. The Morgan fingerprint density at radius 3 is 2.73 bits per heavy atom. The van der Waals surface area contributed by atoms with Gasteiger partial charge in [-0.15, -0.1) is 0 Å². The van der Waals surface area contributed by atoms with Crippen molar-refractivity contribution in [1.29, 1.82) is 0 Å². The first kappa shape index (κ1) is 21.5. The van der Waals surface area contributed by atoms with Gasteiger partial charge in [-0.05, 0) is 13.0 Å². The Balaban J connectivity index is 0.00000338. The number of aliphatic hydroxyl groups excluding tert-OH is 1. The molecule has 0 unspecified atom stereocenters. The lowest BCUT2D eigenvalue weighted by Gasteiger charge is -2.08. The van der Waals surface area contributed by atoms with Crippen LogP contribution >= 0.6 is 0 Å². The Morgan fingerprint density at radius 2 is 2.12 bits per heavy atom. The minimum absolute atomic E-state index is 0. The SMILES string of the molecule is CCOC(=O)C[n+]1cc(CO)c(C=NNc2ncccn2)c(O)c1C.[Br-]. The van der Waals surface area contributed by atoms with Crippen molar-refractivity contribution in [2.75, 3.05) is 12.0 Å². The van der Waals surface area contributed by atoms with Gasteiger partial charge in [-0.25, -0.2) is 20.2 Å². The lowest BCUT2D eigenvalue weighted by molar-refractivity contribution is -0.692. The van der Waals surface area contributed by atoms with E-state index in [9.17, 15) is 15.0 Å². The molecule has 0 aliphatic carbocycles. The monoisotopic (exact) mass is 425 g/mol. The third-order valence-electron chi connectivity index (χ3n) is 3.39. The highest BCUT2D eigenvalue weighted by molar-refractivity contribution is 5.85. The van der Waals surface area contributed by atoms with Gasteiger partial charge in [0.2, 0.25) is 18.2 Å². The third kappa shape index (κ3) is 5.46. The number of halogens is 1. The standard InChI is InChI=1S/C16H19N5O4.BrH/c1-3-25-14(23)9-21-8-12(10-22)13(15(24)11(21)2)7-19-20-16-17-5-4-6-18-16;/h4-8,22,24H,3,9-10H2,1-2H3;1H. The highest BCUT2D eigenvalue weighted by atomic mass is 79.9. The van der Waals surface area contributed by atoms with Gasteiger partial charge in [0.25, 0.3) is 0 Å². The Hall–Kier alpha value is -2.59. The van der Waals surface area contributed by atoms with Crippen LogP contribution in [0.25, 0.3) is 0 Å². The van der Waals surface area contributed by atoms with Crippen LogP contribution < -0.4 is 27.0 Å². The average Bonchev–Trinajstić information content (AvgIpc) is 2.62.